The van der Waals surface area contributed by atoms with Crippen molar-refractivity contribution >= 4 is 0 Å². The lowest BCUT2D eigenvalue weighted by atomic mass is 9.93. The highest BCUT2D eigenvalue weighted by Gasteiger charge is 2.23. The Labute approximate surface area is 110 Å². The third kappa shape index (κ3) is 3.33. The van der Waals surface area contributed by atoms with Crippen molar-refractivity contribution in [3.63, 3.8) is 0 Å². The molecule has 0 atom stereocenters. The van der Waals surface area contributed by atoms with Gasteiger partial charge >= 0.3 is 0 Å². The smallest absolute Gasteiger partial charge is 0.0949 e. The van der Waals surface area contributed by atoms with Gasteiger partial charge in [-0.25, -0.2) is 4.98 Å². The second-order valence-electron chi connectivity index (χ2n) is 5.70. The zero-order chi connectivity index (χ0) is 13.0. The average Bonchev–Trinajstić information content (AvgIpc) is 2.78. The molecule has 4 nitrogen and oxygen atoms in total. The molecule has 4 heteroatoms. The molecule has 0 amide bonds. The summed E-state index contributed by atoms with van der Waals surface area (Å²) in [5, 5.41) is 9.05. The number of rotatable bonds is 5. The molecule has 1 fully saturated rings. The Kier molecular flexibility index (Phi) is 4.78. The van der Waals surface area contributed by atoms with Crippen molar-refractivity contribution in [2.24, 2.45) is 5.92 Å². The number of aliphatic hydroxyl groups excluding tert-OH is 1. The fourth-order valence-corrected chi connectivity index (χ4v) is 2.89. The monoisotopic (exact) mass is 251 g/mol. The van der Waals surface area contributed by atoms with Gasteiger partial charge in [0, 0.05) is 30.9 Å². The highest BCUT2D eigenvalue weighted by atomic mass is 16.3. The first-order valence-electron chi connectivity index (χ1n) is 7.04. The van der Waals surface area contributed by atoms with Gasteiger partial charge in [-0.05, 0) is 31.8 Å². The summed E-state index contributed by atoms with van der Waals surface area (Å²) in [5.41, 5.74) is 1.30. The van der Waals surface area contributed by atoms with Crippen LogP contribution in [0.3, 0.4) is 0 Å². The normalized spacial score (nSPS) is 18.7. The Morgan fingerprint density at radius 1 is 1.39 bits per heavy atom. The summed E-state index contributed by atoms with van der Waals surface area (Å²) in [6, 6.07) is 0. The summed E-state index contributed by atoms with van der Waals surface area (Å²) in [5.74, 6) is 1.36. The van der Waals surface area contributed by atoms with Crippen LogP contribution >= 0.6 is 0 Å². The lowest BCUT2D eigenvalue weighted by Gasteiger charge is -2.33. The summed E-state index contributed by atoms with van der Waals surface area (Å²) in [6.45, 7) is 9.00. The highest BCUT2D eigenvalue weighted by Crippen LogP contribution is 2.28. The van der Waals surface area contributed by atoms with Gasteiger partial charge in [-0.1, -0.05) is 13.8 Å². The van der Waals surface area contributed by atoms with Gasteiger partial charge in [0.2, 0.25) is 0 Å². The molecule has 0 bridgehead atoms. The average molecular weight is 251 g/mol. The van der Waals surface area contributed by atoms with Gasteiger partial charge in [0.05, 0.1) is 12.9 Å². The number of aliphatic hydroxyl groups is 1. The van der Waals surface area contributed by atoms with Crippen molar-refractivity contribution in [1.82, 2.24) is 14.5 Å². The lowest BCUT2D eigenvalue weighted by Crippen LogP contribution is -2.35. The highest BCUT2D eigenvalue weighted by molar-refractivity contribution is 5.08. The minimum absolute atomic E-state index is 0.190. The predicted molar refractivity (Wildman–Crippen MR) is 72.6 cm³/mol. The van der Waals surface area contributed by atoms with Crippen LogP contribution in [0.4, 0.5) is 0 Å². The fraction of sp³-hybridized carbons (Fsp3) is 0.786. The van der Waals surface area contributed by atoms with Gasteiger partial charge in [-0.3, -0.25) is 0 Å². The van der Waals surface area contributed by atoms with Crippen LogP contribution in [0.25, 0.3) is 0 Å². The molecule has 1 aliphatic rings. The topological polar surface area (TPSA) is 41.3 Å². The van der Waals surface area contributed by atoms with Crippen LogP contribution in [0.5, 0.6) is 0 Å². The Balaban J connectivity index is 1.90. The molecule has 0 saturated carbocycles. The maximum absolute atomic E-state index is 9.05. The Hall–Kier alpha value is -0.870. The molecule has 102 valence electrons. The van der Waals surface area contributed by atoms with E-state index in [2.05, 4.69) is 28.3 Å². The first-order valence-corrected chi connectivity index (χ1v) is 7.04. The van der Waals surface area contributed by atoms with E-state index in [9.17, 15) is 0 Å². The summed E-state index contributed by atoms with van der Waals surface area (Å²) >= 11 is 0. The van der Waals surface area contributed by atoms with Crippen molar-refractivity contribution in [1.29, 1.82) is 0 Å². The minimum atomic E-state index is 0.190. The van der Waals surface area contributed by atoms with Crippen LogP contribution in [-0.2, 0) is 6.54 Å². The van der Waals surface area contributed by atoms with Crippen molar-refractivity contribution in [2.45, 2.75) is 39.2 Å². The fourth-order valence-electron chi connectivity index (χ4n) is 2.89. The summed E-state index contributed by atoms with van der Waals surface area (Å²) in [4.78, 5) is 6.79. The number of nitrogens with zero attached hydrogens (tertiary/aromatic N) is 3. The van der Waals surface area contributed by atoms with Crippen LogP contribution in [0.15, 0.2) is 12.5 Å². The molecule has 18 heavy (non-hydrogen) atoms. The number of imidazole rings is 1. The Bertz CT molecular complexity index is 354. The zero-order valence-electron chi connectivity index (χ0n) is 11.5. The van der Waals surface area contributed by atoms with E-state index in [0.29, 0.717) is 12.5 Å². The molecule has 1 aromatic rings. The minimum Gasteiger partial charge on any atom is -0.395 e. The molecule has 1 aromatic heterocycles. The molecule has 2 rings (SSSR count). The van der Waals surface area contributed by atoms with E-state index in [4.69, 9.17) is 5.11 Å². The third-order valence-corrected chi connectivity index (χ3v) is 3.71. The molecule has 0 radical (unpaired) electrons. The van der Waals surface area contributed by atoms with Crippen LogP contribution in [0.2, 0.25) is 0 Å². The van der Waals surface area contributed by atoms with Gasteiger partial charge in [0.1, 0.15) is 0 Å². The maximum atomic E-state index is 9.05. The lowest BCUT2D eigenvalue weighted by molar-refractivity contribution is 0.188. The summed E-state index contributed by atoms with van der Waals surface area (Å²) in [6.07, 6.45) is 6.23. The molecule has 1 saturated heterocycles. The molecule has 0 spiro atoms. The second kappa shape index (κ2) is 6.34. The molecule has 0 unspecified atom stereocenters. The zero-order valence-corrected chi connectivity index (χ0v) is 11.5. The van der Waals surface area contributed by atoms with Crippen molar-refractivity contribution in [2.75, 3.05) is 26.2 Å². The van der Waals surface area contributed by atoms with Crippen LogP contribution < -0.4 is 0 Å². The van der Waals surface area contributed by atoms with E-state index >= 15 is 0 Å². The number of aromatic nitrogens is 2. The van der Waals surface area contributed by atoms with Crippen molar-refractivity contribution < 1.29 is 5.11 Å². The predicted octanol–water partition coefficient (Wildman–Crippen LogP) is 1.71. The van der Waals surface area contributed by atoms with Crippen LogP contribution in [-0.4, -0.2) is 45.8 Å². The van der Waals surface area contributed by atoms with Crippen molar-refractivity contribution in [3.8, 4) is 0 Å². The quantitative estimate of drug-likeness (QED) is 0.866. The van der Waals surface area contributed by atoms with E-state index in [1.54, 1.807) is 0 Å². The van der Waals surface area contributed by atoms with E-state index in [1.165, 1.54) is 38.2 Å². The van der Waals surface area contributed by atoms with Crippen LogP contribution in [0.1, 0.15) is 38.3 Å². The number of hydrogen-bond donors (Lipinski definition) is 1. The van der Waals surface area contributed by atoms with E-state index in [1.807, 2.05) is 12.5 Å². The molecular formula is C14H25N3O. The maximum Gasteiger partial charge on any atom is 0.0949 e. The first kappa shape index (κ1) is 13.6. The largest absolute Gasteiger partial charge is 0.395 e. The molecule has 0 aliphatic carbocycles. The molecule has 1 N–H and O–H groups in total. The van der Waals surface area contributed by atoms with Crippen LogP contribution in [0, 0.1) is 5.92 Å². The molecular weight excluding hydrogens is 226 g/mol. The number of likely N-dealkylation sites (tertiary alicyclic amines) is 1. The van der Waals surface area contributed by atoms with Gasteiger partial charge in [-0.15, -0.1) is 0 Å². The Morgan fingerprint density at radius 2 is 2.11 bits per heavy atom. The van der Waals surface area contributed by atoms with Gasteiger partial charge < -0.3 is 14.6 Å². The second-order valence-corrected chi connectivity index (χ2v) is 5.70. The number of piperidine rings is 1. The van der Waals surface area contributed by atoms with E-state index in [0.717, 1.165) is 5.92 Å². The summed E-state index contributed by atoms with van der Waals surface area (Å²) in [7, 11) is 0. The van der Waals surface area contributed by atoms with Gasteiger partial charge in [-0.2, -0.15) is 0 Å². The molecule has 0 aromatic carbocycles. The molecule has 1 aliphatic heterocycles. The Morgan fingerprint density at radius 3 is 2.72 bits per heavy atom. The van der Waals surface area contributed by atoms with E-state index in [-0.39, 0.29) is 6.61 Å². The molecule has 2 heterocycles. The van der Waals surface area contributed by atoms with Gasteiger partial charge in [0.15, 0.2) is 0 Å². The standard InChI is InChI=1S/C14H25N3O/c1-12(2)10-16-5-3-13(4-6-16)14-9-15-11-17(14)7-8-18/h9,11-13,18H,3-8,10H2,1-2H3. The SMILES string of the molecule is CC(C)CN1CCC(c2cncn2CCO)CC1. The first-order chi connectivity index (χ1) is 8.70. The van der Waals surface area contributed by atoms with Crippen molar-refractivity contribution in [3.05, 3.63) is 18.2 Å². The third-order valence-electron chi connectivity index (χ3n) is 3.71. The van der Waals surface area contributed by atoms with E-state index < -0.39 is 0 Å². The number of hydrogen-bond acceptors (Lipinski definition) is 3. The summed E-state index contributed by atoms with van der Waals surface area (Å²) < 4.78 is 2.10. The van der Waals surface area contributed by atoms with Gasteiger partial charge in [0.25, 0.3) is 0 Å².